The van der Waals surface area contributed by atoms with Crippen LogP contribution in [-0.2, 0) is 5.54 Å². The lowest BCUT2D eigenvalue weighted by Crippen LogP contribution is -2.14. The van der Waals surface area contributed by atoms with Crippen molar-refractivity contribution in [2.24, 2.45) is 5.11 Å². The molecule has 0 radical (unpaired) electrons. The predicted molar refractivity (Wildman–Crippen MR) is 53.0 cm³/mol. The van der Waals surface area contributed by atoms with Gasteiger partial charge in [-0.1, -0.05) is 37.2 Å². The van der Waals surface area contributed by atoms with Gasteiger partial charge in [-0.3, -0.25) is 0 Å². The minimum absolute atomic E-state index is 0.583. The van der Waals surface area contributed by atoms with E-state index in [0.717, 1.165) is 5.56 Å². The van der Waals surface area contributed by atoms with E-state index in [0.29, 0.717) is 5.69 Å². The molecule has 2 N–H and O–H groups in total. The van der Waals surface area contributed by atoms with E-state index in [1.54, 1.807) is 6.07 Å². The van der Waals surface area contributed by atoms with Crippen molar-refractivity contribution in [3.63, 3.8) is 0 Å². The molecule has 0 aliphatic heterocycles. The summed E-state index contributed by atoms with van der Waals surface area (Å²) in [5.74, 6) is 0. The Morgan fingerprint density at radius 1 is 1.38 bits per heavy atom. The first kappa shape index (κ1) is 9.42. The van der Waals surface area contributed by atoms with Crippen molar-refractivity contribution in [3.8, 4) is 0 Å². The number of benzene rings is 1. The Morgan fingerprint density at radius 2 is 2.00 bits per heavy atom. The maximum absolute atomic E-state index is 8.37. The summed E-state index contributed by atoms with van der Waals surface area (Å²) in [6.45, 7) is 3.66. The van der Waals surface area contributed by atoms with Gasteiger partial charge in [-0.2, -0.15) is 0 Å². The van der Waals surface area contributed by atoms with Gasteiger partial charge in [0, 0.05) is 10.6 Å². The summed E-state index contributed by atoms with van der Waals surface area (Å²) in [6.07, 6.45) is 0. The third-order valence-corrected chi connectivity index (χ3v) is 1.91. The van der Waals surface area contributed by atoms with Crippen molar-refractivity contribution in [1.82, 2.24) is 0 Å². The Labute approximate surface area is 77.0 Å². The molecule has 0 heterocycles. The Kier molecular flexibility index (Phi) is 2.44. The van der Waals surface area contributed by atoms with Crippen LogP contribution in [0, 0.1) is 0 Å². The molecule has 0 atom stereocenters. The van der Waals surface area contributed by atoms with E-state index in [4.69, 9.17) is 11.3 Å². The van der Waals surface area contributed by atoms with Crippen LogP contribution in [0.15, 0.2) is 29.4 Å². The van der Waals surface area contributed by atoms with Crippen LogP contribution in [-0.4, -0.2) is 0 Å². The number of hydrogen-bond donors (Lipinski definition) is 1. The minimum Gasteiger partial charge on any atom is -0.398 e. The Hall–Kier alpha value is -1.67. The van der Waals surface area contributed by atoms with Crippen molar-refractivity contribution >= 4 is 5.69 Å². The maximum Gasteiger partial charge on any atom is 0.0701 e. The smallest absolute Gasteiger partial charge is 0.0701 e. The molecule has 1 aromatic rings. The third-order valence-electron chi connectivity index (χ3n) is 1.91. The highest BCUT2D eigenvalue weighted by Crippen LogP contribution is 2.29. The van der Waals surface area contributed by atoms with Crippen molar-refractivity contribution in [2.45, 2.75) is 19.4 Å². The Bertz CT molecular complexity index is 350. The van der Waals surface area contributed by atoms with Crippen molar-refractivity contribution in [2.75, 3.05) is 5.73 Å². The average molecular weight is 176 g/mol. The van der Waals surface area contributed by atoms with E-state index < -0.39 is 5.54 Å². The van der Waals surface area contributed by atoms with E-state index in [1.165, 1.54) is 0 Å². The molecule has 4 nitrogen and oxygen atoms in total. The van der Waals surface area contributed by atoms with Crippen LogP contribution in [0.25, 0.3) is 10.4 Å². The summed E-state index contributed by atoms with van der Waals surface area (Å²) in [5, 5.41) is 3.69. The van der Waals surface area contributed by atoms with Gasteiger partial charge < -0.3 is 5.73 Å². The van der Waals surface area contributed by atoms with E-state index in [9.17, 15) is 0 Å². The fourth-order valence-corrected chi connectivity index (χ4v) is 1.22. The lowest BCUT2D eigenvalue weighted by Gasteiger charge is -2.19. The zero-order chi connectivity index (χ0) is 9.90. The molecule has 0 bridgehead atoms. The first-order valence-electron chi connectivity index (χ1n) is 3.99. The van der Waals surface area contributed by atoms with Gasteiger partial charge in [0.05, 0.1) is 5.54 Å². The van der Waals surface area contributed by atoms with Crippen LogP contribution in [0.4, 0.5) is 5.69 Å². The van der Waals surface area contributed by atoms with Gasteiger partial charge in [0.15, 0.2) is 0 Å². The van der Waals surface area contributed by atoms with Crippen LogP contribution >= 0.6 is 0 Å². The van der Waals surface area contributed by atoms with Crippen LogP contribution in [0.1, 0.15) is 19.4 Å². The van der Waals surface area contributed by atoms with Gasteiger partial charge in [-0.05, 0) is 17.2 Å². The SMILES string of the molecule is CC(C)(N=[N+]=[N-])c1ccccc1N. The van der Waals surface area contributed by atoms with Crippen molar-refractivity contribution in [1.29, 1.82) is 0 Å². The molecule has 1 rings (SSSR count). The normalized spacial score (nSPS) is 10.6. The van der Waals surface area contributed by atoms with Crippen LogP contribution in [0.2, 0.25) is 0 Å². The van der Waals surface area contributed by atoms with Gasteiger partial charge in [-0.15, -0.1) is 0 Å². The fourth-order valence-electron chi connectivity index (χ4n) is 1.22. The lowest BCUT2D eigenvalue weighted by molar-refractivity contribution is 0.552. The highest BCUT2D eigenvalue weighted by atomic mass is 15.2. The number of nitrogens with zero attached hydrogens (tertiary/aromatic N) is 3. The summed E-state index contributed by atoms with van der Waals surface area (Å²) < 4.78 is 0. The Balaban J connectivity index is 3.21. The molecule has 4 heteroatoms. The summed E-state index contributed by atoms with van der Waals surface area (Å²) >= 11 is 0. The Morgan fingerprint density at radius 3 is 2.54 bits per heavy atom. The largest absolute Gasteiger partial charge is 0.398 e. The maximum atomic E-state index is 8.37. The molecule has 0 aromatic heterocycles. The molecule has 0 spiro atoms. The first-order valence-corrected chi connectivity index (χ1v) is 3.99. The summed E-state index contributed by atoms with van der Waals surface area (Å²) in [4.78, 5) is 2.79. The number of para-hydroxylation sites is 1. The molecule has 0 unspecified atom stereocenters. The van der Waals surface area contributed by atoms with E-state index in [-0.39, 0.29) is 0 Å². The monoisotopic (exact) mass is 176 g/mol. The third kappa shape index (κ3) is 1.92. The minimum atomic E-state index is -0.583. The molecular formula is C9H12N4. The molecule has 0 aliphatic carbocycles. The van der Waals surface area contributed by atoms with Gasteiger partial charge in [0.2, 0.25) is 0 Å². The molecule has 1 aromatic carbocycles. The second-order valence-corrected chi connectivity index (χ2v) is 3.34. The number of rotatable bonds is 2. The molecule has 0 aliphatic rings. The molecular weight excluding hydrogens is 164 g/mol. The van der Waals surface area contributed by atoms with Crippen molar-refractivity contribution < 1.29 is 0 Å². The second-order valence-electron chi connectivity index (χ2n) is 3.34. The molecule has 13 heavy (non-hydrogen) atoms. The van der Waals surface area contributed by atoms with E-state index in [1.807, 2.05) is 32.0 Å². The topological polar surface area (TPSA) is 74.8 Å². The van der Waals surface area contributed by atoms with E-state index in [2.05, 4.69) is 10.0 Å². The highest BCUT2D eigenvalue weighted by molar-refractivity contribution is 5.49. The van der Waals surface area contributed by atoms with Crippen molar-refractivity contribution in [3.05, 3.63) is 40.3 Å². The predicted octanol–water partition coefficient (Wildman–Crippen LogP) is 2.81. The summed E-state index contributed by atoms with van der Waals surface area (Å²) in [6, 6.07) is 7.39. The molecule has 68 valence electrons. The van der Waals surface area contributed by atoms with Gasteiger partial charge in [0.1, 0.15) is 0 Å². The van der Waals surface area contributed by atoms with Gasteiger partial charge in [-0.25, -0.2) is 0 Å². The first-order chi connectivity index (χ1) is 6.08. The number of azide groups is 1. The average Bonchev–Trinajstić information content (AvgIpc) is 2.04. The highest BCUT2D eigenvalue weighted by Gasteiger charge is 2.20. The standard InChI is InChI=1S/C9H12N4/c1-9(2,12-13-11)7-5-3-4-6-8(7)10/h3-6H,10H2,1-2H3. The van der Waals surface area contributed by atoms with Gasteiger partial charge >= 0.3 is 0 Å². The zero-order valence-electron chi connectivity index (χ0n) is 7.73. The lowest BCUT2D eigenvalue weighted by atomic mass is 9.94. The molecule has 0 fully saturated rings. The summed E-state index contributed by atoms with van der Waals surface area (Å²) in [7, 11) is 0. The number of anilines is 1. The quantitative estimate of drug-likeness (QED) is 0.320. The van der Waals surface area contributed by atoms with Crippen LogP contribution in [0.5, 0.6) is 0 Å². The second kappa shape index (κ2) is 3.37. The number of hydrogen-bond acceptors (Lipinski definition) is 2. The zero-order valence-corrected chi connectivity index (χ0v) is 7.73. The van der Waals surface area contributed by atoms with Crippen LogP contribution < -0.4 is 5.73 Å². The molecule has 0 amide bonds. The molecule has 0 saturated heterocycles. The van der Waals surface area contributed by atoms with E-state index >= 15 is 0 Å². The number of nitrogens with two attached hydrogens (primary N) is 1. The molecule has 0 saturated carbocycles. The number of nitrogen functional groups attached to an aromatic ring is 1. The van der Waals surface area contributed by atoms with Crippen LogP contribution in [0.3, 0.4) is 0 Å². The fraction of sp³-hybridized carbons (Fsp3) is 0.333. The summed E-state index contributed by atoms with van der Waals surface area (Å²) in [5.41, 5.74) is 15.0. The van der Waals surface area contributed by atoms with Gasteiger partial charge in [0.25, 0.3) is 0 Å².